The summed E-state index contributed by atoms with van der Waals surface area (Å²) in [5.41, 5.74) is 0.758. The van der Waals surface area contributed by atoms with Crippen molar-refractivity contribution >= 4 is 11.6 Å². The third kappa shape index (κ3) is 2.02. The SMILES string of the molecule is C#C[C@H]1CCC2C3CC(=O)C4=CC(=O)CC[C@]4(C)C3C[C@@H](C)C21. The van der Waals surface area contributed by atoms with Crippen LogP contribution in [0.4, 0.5) is 0 Å². The molecular formula is C21H26O2. The van der Waals surface area contributed by atoms with Gasteiger partial charge in [0.05, 0.1) is 0 Å². The predicted octanol–water partition coefficient (Wildman–Crippen LogP) is 3.80. The topological polar surface area (TPSA) is 34.1 Å². The van der Waals surface area contributed by atoms with Crippen molar-refractivity contribution < 1.29 is 9.59 Å². The number of hydrogen-bond acceptors (Lipinski definition) is 2. The fraction of sp³-hybridized carbons (Fsp3) is 0.714. The number of rotatable bonds is 0. The molecule has 23 heavy (non-hydrogen) atoms. The third-order valence-electron chi connectivity index (χ3n) is 7.68. The summed E-state index contributed by atoms with van der Waals surface area (Å²) in [5.74, 6) is 6.70. The predicted molar refractivity (Wildman–Crippen MR) is 89.4 cm³/mol. The molecule has 4 rings (SSSR count). The summed E-state index contributed by atoms with van der Waals surface area (Å²) in [6, 6.07) is 0. The van der Waals surface area contributed by atoms with Crippen LogP contribution >= 0.6 is 0 Å². The lowest BCUT2D eigenvalue weighted by atomic mass is 9.48. The molecule has 0 saturated heterocycles. The molecule has 2 heteroatoms. The van der Waals surface area contributed by atoms with Gasteiger partial charge < -0.3 is 0 Å². The van der Waals surface area contributed by atoms with E-state index < -0.39 is 0 Å². The zero-order chi connectivity index (χ0) is 16.4. The molecular weight excluding hydrogens is 284 g/mol. The van der Waals surface area contributed by atoms with Crippen LogP contribution in [0.25, 0.3) is 0 Å². The average molecular weight is 310 g/mol. The molecule has 4 aliphatic carbocycles. The average Bonchev–Trinajstić information content (AvgIpc) is 2.96. The van der Waals surface area contributed by atoms with Crippen LogP contribution in [-0.4, -0.2) is 11.6 Å². The fourth-order valence-corrected chi connectivity index (χ4v) is 6.65. The lowest BCUT2D eigenvalue weighted by Crippen LogP contribution is -2.52. The third-order valence-corrected chi connectivity index (χ3v) is 7.68. The lowest BCUT2D eigenvalue weighted by molar-refractivity contribution is -0.130. The van der Waals surface area contributed by atoms with Gasteiger partial charge in [0.25, 0.3) is 0 Å². The van der Waals surface area contributed by atoms with Gasteiger partial charge in [-0.15, -0.1) is 12.3 Å². The van der Waals surface area contributed by atoms with Crippen LogP contribution in [0.3, 0.4) is 0 Å². The lowest BCUT2D eigenvalue weighted by Gasteiger charge is -2.56. The van der Waals surface area contributed by atoms with Crippen molar-refractivity contribution in [1.29, 1.82) is 0 Å². The molecule has 4 aliphatic rings. The molecule has 4 unspecified atom stereocenters. The van der Waals surface area contributed by atoms with Gasteiger partial charge in [-0.05, 0) is 66.8 Å². The van der Waals surface area contributed by atoms with E-state index in [0.29, 0.717) is 48.3 Å². The monoisotopic (exact) mass is 310 g/mol. The number of ketones is 2. The van der Waals surface area contributed by atoms with Gasteiger partial charge in [-0.3, -0.25) is 9.59 Å². The van der Waals surface area contributed by atoms with E-state index in [0.717, 1.165) is 18.4 Å². The van der Waals surface area contributed by atoms with E-state index in [2.05, 4.69) is 19.8 Å². The Balaban J connectivity index is 1.74. The van der Waals surface area contributed by atoms with E-state index in [1.807, 2.05) is 0 Å². The first-order valence-corrected chi connectivity index (χ1v) is 9.20. The Labute approximate surface area is 139 Å². The first kappa shape index (κ1) is 15.2. The van der Waals surface area contributed by atoms with Crippen molar-refractivity contribution in [3.63, 3.8) is 0 Å². The van der Waals surface area contributed by atoms with Crippen molar-refractivity contribution in [2.45, 2.75) is 52.4 Å². The van der Waals surface area contributed by atoms with E-state index in [9.17, 15) is 9.59 Å². The Hall–Kier alpha value is -1.36. The number of carbonyl (C=O) groups excluding carboxylic acids is 2. The molecule has 0 N–H and O–H groups in total. The molecule has 0 aliphatic heterocycles. The van der Waals surface area contributed by atoms with Crippen molar-refractivity contribution in [2.75, 3.05) is 0 Å². The highest BCUT2D eigenvalue weighted by atomic mass is 16.1. The second-order valence-electron chi connectivity index (χ2n) is 8.64. The van der Waals surface area contributed by atoms with Gasteiger partial charge in [-0.25, -0.2) is 0 Å². The Morgan fingerprint density at radius 2 is 2.04 bits per heavy atom. The zero-order valence-corrected chi connectivity index (χ0v) is 14.2. The quantitative estimate of drug-likeness (QED) is 0.638. The minimum atomic E-state index is -0.0820. The summed E-state index contributed by atoms with van der Waals surface area (Å²) in [4.78, 5) is 24.6. The first-order chi connectivity index (χ1) is 11.0. The smallest absolute Gasteiger partial charge is 0.159 e. The Morgan fingerprint density at radius 3 is 2.78 bits per heavy atom. The van der Waals surface area contributed by atoms with E-state index in [1.54, 1.807) is 6.08 Å². The number of Topliss-reactive ketones (excluding diaryl/α,β-unsaturated/α-hetero) is 1. The van der Waals surface area contributed by atoms with Crippen LogP contribution in [0.5, 0.6) is 0 Å². The molecule has 0 aromatic carbocycles. The van der Waals surface area contributed by atoms with E-state index >= 15 is 0 Å². The van der Waals surface area contributed by atoms with Gasteiger partial charge in [0.1, 0.15) is 0 Å². The van der Waals surface area contributed by atoms with E-state index in [4.69, 9.17) is 6.42 Å². The van der Waals surface area contributed by atoms with Crippen LogP contribution in [0.1, 0.15) is 52.4 Å². The highest BCUT2D eigenvalue weighted by Gasteiger charge is 2.58. The molecule has 0 spiro atoms. The second-order valence-corrected chi connectivity index (χ2v) is 8.64. The van der Waals surface area contributed by atoms with Crippen LogP contribution in [0.2, 0.25) is 0 Å². The van der Waals surface area contributed by atoms with Gasteiger partial charge in [-0.1, -0.05) is 13.8 Å². The highest BCUT2D eigenvalue weighted by Crippen LogP contribution is 2.62. The summed E-state index contributed by atoms with van der Waals surface area (Å²) in [7, 11) is 0. The molecule has 0 aromatic heterocycles. The summed E-state index contributed by atoms with van der Waals surface area (Å²) >= 11 is 0. The molecule has 2 nitrogen and oxygen atoms in total. The van der Waals surface area contributed by atoms with Gasteiger partial charge in [0, 0.05) is 24.3 Å². The number of hydrogen-bond donors (Lipinski definition) is 0. The molecule has 3 fully saturated rings. The Bertz CT molecular complexity index is 637. The minimum Gasteiger partial charge on any atom is -0.295 e. The Kier molecular flexibility index (Phi) is 3.34. The van der Waals surface area contributed by atoms with E-state index in [-0.39, 0.29) is 17.0 Å². The second kappa shape index (κ2) is 5.07. The largest absolute Gasteiger partial charge is 0.295 e. The van der Waals surface area contributed by atoms with Crippen LogP contribution in [0, 0.1) is 53.3 Å². The fourth-order valence-electron chi connectivity index (χ4n) is 6.65. The van der Waals surface area contributed by atoms with E-state index in [1.165, 1.54) is 12.8 Å². The maximum absolute atomic E-state index is 12.8. The molecule has 0 aromatic rings. The van der Waals surface area contributed by atoms with Crippen LogP contribution in [-0.2, 0) is 9.59 Å². The molecule has 0 amide bonds. The molecule has 3 saturated carbocycles. The van der Waals surface area contributed by atoms with Crippen molar-refractivity contribution in [3.05, 3.63) is 11.6 Å². The van der Waals surface area contributed by atoms with Gasteiger partial charge in [0.15, 0.2) is 11.6 Å². The maximum atomic E-state index is 12.8. The van der Waals surface area contributed by atoms with Crippen molar-refractivity contribution in [1.82, 2.24) is 0 Å². The summed E-state index contributed by atoms with van der Waals surface area (Å²) < 4.78 is 0. The normalized spacial score (nSPS) is 48.8. The van der Waals surface area contributed by atoms with Crippen molar-refractivity contribution in [3.8, 4) is 12.3 Å². The molecule has 0 radical (unpaired) electrons. The Morgan fingerprint density at radius 1 is 1.26 bits per heavy atom. The summed E-state index contributed by atoms with van der Waals surface area (Å²) in [6.45, 7) is 4.61. The number of allylic oxidation sites excluding steroid dienone is 1. The maximum Gasteiger partial charge on any atom is 0.159 e. The molecule has 122 valence electrons. The number of fused-ring (bicyclic) bond motifs is 5. The van der Waals surface area contributed by atoms with Gasteiger partial charge in [-0.2, -0.15) is 0 Å². The van der Waals surface area contributed by atoms with Gasteiger partial charge in [0.2, 0.25) is 0 Å². The minimum absolute atomic E-state index is 0.0820. The van der Waals surface area contributed by atoms with Crippen LogP contribution < -0.4 is 0 Å². The standard InChI is InChI=1S/C21H26O2/c1-4-13-5-6-15-16-11-19(23)18-10-14(22)7-8-21(18,3)17(16)9-12(2)20(13)15/h1,10,12-13,15-17,20H,5-9,11H2,2-3H3/t12-,13+,15?,16?,17?,20?,21-/m1/s1. The highest BCUT2D eigenvalue weighted by molar-refractivity contribution is 6.05. The summed E-state index contributed by atoms with van der Waals surface area (Å²) in [5, 5.41) is 0. The molecule has 7 atom stereocenters. The zero-order valence-electron chi connectivity index (χ0n) is 14.2. The number of carbonyl (C=O) groups is 2. The summed E-state index contributed by atoms with van der Waals surface area (Å²) in [6.07, 6.45) is 13.0. The molecule has 0 bridgehead atoms. The van der Waals surface area contributed by atoms with Gasteiger partial charge >= 0.3 is 0 Å². The van der Waals surface area contributed by atoms with Crippen LogP contribution in [0.15, 0.2) is 11.6 Å². The van der Waals surface area contributed by atoms with Crippen molar-refractivity contribution in [2.24, 2.45) is 40.9 Å². The number of terminal acetylenes is 1. The first-order valence-electron chi connectivity index (χ1n) is 9.20. The molecule has 0 heterocycles.